The van der Waals surface area contributed by atoms with Crippen LogP contribution in [0.2, 0.25) is 10.0 Å². The minimum absolute atomic E-state index is 0.139. The number of phenolic OH excluding ortho intramolecular Hbond substituents is 1. The number of aromatic hydroxyl groups is 1. The molecule has 3 nitrogen and oxygen atoms in total. The Morgan fingerprint density at radius 3 is 2.38 bits per heavy atom. The van der Waals surface area contributed by atoms with Crippen molar-refractivity contribution in [2.45, 2.75) is 19.8 Å². The molecule has 2 aromatic carbocycles. The highest BCUT2D eigenvalue weighted by Gasteiger charge is 2.14. The molecular formula is C16H13Cl2NO2. The molecule has 0 saturated carbocycles. The molecule has 0 spiro atoms. The number of phenols is 1. The van der Waals surface area contributed by atoms with Crippen molar-refractivity contribution in [2.75, 3.05) is 0 Å². The first-order valence-electron chi connectivity index (χ1n) is 6.54. The Hall–Kier alpha value is -1.71. The lowest BCUT2D eigenvalue weighted by Gasteiger charge is -2.02. The summed E-state index contributed by atoms with van der Waals surface area (Å²) in [6.45, 7) is 4.25. The van der Waals surface area contributed by atoms with Crippen LogP contribution >= 0.6 is 23.2 Å². The number of aromatic nitrogens is 1. The molecule has 3 aromatic rings. The van der Waals surface area contributed by atoms with Crippen molar-refractivity contribution in [2.24, 2.45) is 0 Å². The average Bonchev–Trinajstić information content (AvgIpc) is 2.86. The van der Waals surface area contributed by atoms with Crippen LogP contribution in [-0.4, -0.2) is 10.1 Å². The predicted octanol–water partition coefficient (Wildman–Crippen LogP) is 5.63. The largest absolute Gasteiger partial charge is 0.505 e. The van der Waals surface area contributed by atoms with Crippen LogP contribution in [0.25, 0.3) is 22.6 Å². The molecule has 0 saturated heterocycles. The van der Waals surface area contributed by atoms with Crippen LogP contribution in [-0.2, 0) is 0 Å². The Kier molecular flexibility index (Phi) is 3.56. The molecule has 0 atom stereocenters. The zero-order chi connectivity index (χ0) is 15.1. The van der Waals surface area contributed by atoms with Gasteiger partial charge in [0.05, 0.1) is 10.0 Å². The third-order valence-corrected chi connectivity index (χ3v) is 3.92. The summed E-state index contributed by atoms with van der Waals surface area (Å²) in [6.07, 6.45) is 0. The maximum absolute atomic E-state index is 9.60. The van der Waals surface area contributed by atoms with E-state index in [-0.39, 0.29) is 15.8 Å². The number of rotatable bonds is 2. The van der Waals surface area contributed by atoms with Gasteiger partial charge >= 0.3 is 0 Å². The average molecular weight is 322 g/mol. The van der Waals surface area contributed by atoms with Crippen molar-refractivity contribution >= 4 is 34.3 Å². The van der Waals surface area contributed by atoms with Crippen LogP contribution in [0.15, 0.2) is 34.7 Å². The smallest absolute Gasteiger partial charge is 0.227 e. The van der Waals surface area contributed by atoms with Gasteiger partial charge in [-0.15, -0.1) is 0 Å². The van der Waals surface area contributed by atoms with Crippen molar-refractivity contribution in [3.8, 4) is 17.2 Å². The second-order valence-corrected chi connectivity index (χ2v) is 6.00. The van der Waals surface area contributed by atoms with Gasteiger partial charge in [0.1, 0.15) is 5.52 Å². The molecule has 108 valence electrons. The fraction of sp³-hybridized carbons (Fsp3) is 0.188. The number of hydrogen-bond donors (Lipinski definition) is 1. The summed E-state index contributed by atoms with van der Waals surface area (Å²) in [5.41, 5.74) is 3.32. The van der Waals surface area contributed by atoms with Gasteiger partial charge in [-0.25, -0.2) is 4.98 Å². The van der Waals surface area contributed by atoms with Gasteiger partial charge < -0.3 is 9.52 Å². The van der Waals surface area contributed by atoms with E-state index in [0.29, 0.717) is 23.0 Å². The lowest BCUT2D eigenvalue weighted by atomic mass is 10.0. The lowest BCUT2D eigenvalue weighted by Crippen LogP contribution is -1.85. The number of hydrogen-bond acceptors (Lipinski definition) is 3. The molecule has 1 heterocycles. The van der Waals surface area contributed by atoms with Crippen molar-refractivity contribution in [3.63, 3.8) is 0 Å². The first-order valence-corrected chi connectivity index (χ1v) is 7.30. The molecule has 0 radical (unpaired) electrons. The zero-order valence-corrected chi connectivity index (χ0v) is 13.0. The van der Waals surface area contributed by atoms with E-state index in [2.05, 4.69) is 18.8 Å². The summed E-state index contributed by atoms with van der Waals surface area (Å²) in [6, 6.07) is 9.10. The van der Waals surface area contributed by atoms with Crippen LogP contribution in [0.5, 0.6) is 5.75 Å². The molecule has 1 N–H and O–H groups in total. The van der Waals surface area contributed by atoms with Crippen molar-refractivity contribution in [1.29, 1.82) is 0 Å². The van der Waals surface area contributed by atoms with E-state index in [9.17, 15) is 5.11 Å². The topological polar surface area (TPSA) is 46.3 Å². The normalized spacial score (nSPS) is 11.5. The van der Waals surface area contributed by atoms with E-state index in [0.717, 1.165) is 5.52 Å². The van der Waals surface area contributed by atoms with Crippen LogP contribution in [0.1, 0.15) is 25.3 Å². The summed E-state index contributed by atoms with van der Waals surface area (Å²) in [7, 11) is 0. The summed E-state index contributed by atoms with van der Waals surface area (Å²) in [4.78, 5) is 4.47. The van der Waals surface area contributed by atoms with Gasteiger partial charge in [0.15, 0.2) is 11.3 Å². The fourth-order valence-electron chi connectivity index (χ4n) is 2.12. The highest BCUT2D eigenvalue weighted by Crippen LogP contribution is 2.37. The lowest BCUT2D eigenvalue weighted by molar-refractivity contribution is 0.476. The molecule has 1 aromatic heterocycles. The zero-order valence-electron chi connectivity index (χ0n) is 11.5. The van der Waals surface area contributed by atoms with Gasteiger partial charge in [-0.05, 0) is 35.7 Å². The highest BCUT2D eigenvalue weighted by atomic mass is 35.5. The number of fused-ring (bicyclic) bond motifs is 1. The minimum Gasteiger partial charge on any atom is -0.505 e. The second-order valence-electron chi connectivity index (χ2n) is 5.19. The molecule has 0 amide bonds. The maximum Gasteiger partial charge on any atom is 0.227 e. The van der Waals surface area contributed by atoms with Crippen LogP contribution in [0.4, 0.5) is 0 Å². The van der Waals surface area contributed by atoms with E-state index in [1.165, 1.54) is 5.56 Å². The Balaban J connectivity index is 2.13. The SMILES string of the molecule is CC(C)c1ccc2oc(-c3cc(Cl)c(O)c(Cl)c3)nc2c1. The third kappa shape index (κ3) is 2.59. The Bertz CT molecular complexity index is 801. The number of benzene rings is 2. The molecule has 0 bridgehead atoms. The van der Waals surface area contributed by atoms with Gasteiger partial charge in [0, 0.05) is 5.56 Å². The van der Waals surface area contributed by atoms with Crippen LogP contribution in [0, 0.1) is 0 Å². The molecule has 0 unspecified atom stereocenters. The first-order chi connectivity index (χ1) is 9.95. The molecule has 0 fully saturated rings. The molecule has 21 heavy (non-hydrogen) atoms. The van der Waals surface area contributed by atoms with Gasteiger partial charge in [-0.2, -0.15) is 0 Å². The van der Waals surface area contributed by atoms with Crippen LogP contribution in [0.3, 0.4) is 0 Å². The fourth-order valence-corrected chi connectivity index (χ4v) is 2.60. The first kappa shape index (κ1) is 14.2. The second kappa shape index (κ2) is 5.24. The quantitative estimate of drug-likeness (QED) is 0.665. The maximum atomic E-state index is 9.60. The van der Waals surface area contributed by atoms with E-state index < -0.39 is 0 Å². The predicted molar refractivity (Wildman–Crippen MR) is 85.2 cm³/mol. The van der Waals surface area contributed by atoms with Gasteiger partial charge in [-0.1, -0.05) is 43.1 Å². The van der Waals surface area contributed by atoms with E-state index >= 15 is 0 Å². The Morgan fingerprint density at radius 1 is 1.10 bits per heavy atom. The van der Waals surface area contributed by atoms with Crippen molar-refractivity contribution < 1.29 is 9.52 Å². The summed E-state index contributed by atoms with van der Waals surface area (Å²) in [5, 5.41) is 9.94. The monoisotopic (exact) mass is 321 g/mol. The Morgan fingerprint density at radius 2 is 1.76 bits per heavy atom. The van der Waals surface area contributed by atoms with Crippen molar-refractivity contribution in [3.05, 3.63) is 45.9 Å². The summed E-state index contributed by atoms with van der Waals surface area (Å²) in [5.74, 6) is 0.710. The Labute approximate surface area is 132 Å². The number of nitrogens with zero attached hydrogens (tertiary/aromatic N) is 1. The number of halogens is 2. The molecule has 0 aliphatic heterocycles. The van der Waals surface area contributed by atoms with E-state index in [1.54, 1.807) is 12.1 Å². The van der Waals surface area contributed by atoms with Gasteiger partial charge in [-0.3, -0.25) is 0 Å². The molecule has 0 aliphatic rings. The number of oxazole rings is 1. The summed E-state index contributed by atoms with van der Waals surface area (Å²) >= 11 is 11.9. The van der Waals surface area contributed by atoms with Gasteiger partial charge in [0.25, 0.3) is 0 Å². The minimum atomic E-state index is -0.139. The van der Waals surface area contributed by atoms with Gasteiger partial charge in [0.2, 0.25) is 5.89 Å². The molecule has 3 rings (SSSR count). The van der Waals surface area contributed by atoms with E-state index in [1.807, 2.05) is 18.2 Å². The van der Waals surface area contributed by atoms with E-state index in [4.69, 9.17) is 27.6 Å². The molecule has 5 heteroatoms. The summed E-state index contributed by atoms with van der Waals surface area (Å²) < 4.78 is 5.73. The third-order valence-electron chi connectivity index (χ3n) is 3.34. The molecule has 0 aliphatic carbocycles. The van der Waals surface area contributed by atoms with Crippen molar-refractivity contribution in [1.82, 2.24) is 4.98 Å². The standard InChI is InChI=1S/C16H13Cl2NO2/c1-8(2)9-3-4-14-13(7-9)19-16(21-14)10-5-11(17)15(20)12(18)6-10/h3-8,20H,1-2H3. The van der Waals surface area contributed by atoms with Crippen LogP contribution < -0.4 is 0 Å². The highest BCUT2D eigenvalue weighted by molar-refractivity contribution is 6.37. The molecular weight excluding hydrogens is 309 g/mol.